The minimum absolute atomic E-state index is 0.630. The smallest absolute Gasteiger partial charge is 0.126 e. The van der Waals surface area contributed by atoms with Crippen molar-refractivity contribution < 1.29 is 4.74 Å². The van der Waals surface area contributed by atoms with E-state index >= 15 is 0 Å². The van der Waals surface area contributed by atoms with Crippen molar-refractivity contribution in [1.29, 1.82) is 0 Å². The van der Waals surface area contributed by atoms with E-state index in [0.29, 0.717) is 5.92 Å². The van der Waals surface area contributed by atoms with Gasteiger partial charge in [-0.3, -0.25) is 0 Å². The van der Waals surface area contributed by atoms with Gasteiger partial charge in [0.2, 0.25) is 0 Å². The maximum Gasteiger partial charge on any atom is 0.126 e. The van der Waals surface area contributed by atoms with Gasteiger partial charge >= 0.3 is 0 Å². The first-order valence-corrected chi connectivity index (χ1v) is 5.15. The molecular formula is C13H18O. The Bertz CT molecular complexity index is 285. The lowest BCUT2D eigenvalue weighted by molar-refractivity contribution is 0.480. The number of rotatable bonds is 4. The standard InChI is InChI=1S/C13H18O/c1-4-10-14-13-8-6-12(7-9-13)11(3)5-2/h4,6-11H,5H2,1-3H3/b10-4-. The summed E-state index contributed by atoms with van der Waals surface area (Å²) in [6.07, 6.45) is 4.75. The summed E-state index contributed by atoms with van der Waals surface area (Å²) in [6, 6.07) is 8.29. The molecule has 0 aromatic heterocycles. The van der Waals surface area contributed by atoms with E-state index in [2.05, 4.69) is 26.0 Å². The number of allylic oxidation sites excluding steroid dienone is 1. The van der Waals surface area contributed by atoms with Crippen molar-refractivity contribution in [1.82, 2.24) is 0 Å². The quantitative estimate of drug-likeness (QED) is 0.649. The van der Waals surface area contributed by atoms with Crippen LogP contribution in [0, 0.1) is 0 Å². The Labute approximate surface area is 86.4 Å². The fraction of sp³-hybridized carbons (Fsp3) is 0.385. The molecule has 1 atom stereocenters. The summed E-state index contributed by atoms with van der Waals surface area (Å²) in [6.45, 7) is 6.38. The topological polar surface area (TPSA) is 9.23 Å². The molecule has 0 bridgehead atoms. The molecule has 0 radical (unpaired) electrons. The third-order valence-electron chi connectivity index (χ3n) is 2.40. The van der Waals surface area contributed by atoms with Gasteiger partial charge in [0.25, 0.3) is 0 Å². The lowest BCUT2D eigenvalue weighted by atomic mass is 9.99. The SMILES string of the molecule is C/C=C\Oc1ccc(C(C)CC)cc1. The van der Waals surface area contributed by atoms with Gasteiger partial charge in [-0.05, 0) is 37.0 Å². The predicted molar refractivity (Wildman–Crippen MR) is 60.6 cm³/mol. The van der Waals surface area contributed by atoms with Gasteiger partial charge in [-0.1, -0.05) is 32.1 Å². The molecule has 0 aliphatic carbocycles. The van der Waals surface area contributed by atoms with Gasteiger partial charge in [0, 0.05) is 0 Å². The molecular weight excluding hydrogens is 172 g/mol. The Morgan fingerprint density at radius 1 is 1.29 bits per heavy atom. The summed E-state index contributed by atoms with van der Waals surface area (Å²) in [5.41, 5.74) is 1.38. The Morgan fingerprint density at radius 2 is 1.93 bits per heavy atom. The van der Waals surface area contributed by atoms with Crippen LogP contribution >= 0.6 is 0 Å². The molecule has 0 spiro atoms. The Hall–Kier alpha value is -1.24. The minimum Gasteiger partial charge on any atom is -0.465 e. The predicted octanol–water partition coefficient (Wildman–Crippen LogP) is 4.11. The summed E-state index contributed by atoms with van der Waals surface area (Å²) in [4.78, 5) is 0. The molecule has 1 rings (SSSR count). The minimum atomic E-state index is 0.630. The fourth-order valence-electron chi connectivity index (χ4n) is 1.26. The van der Waals surface area contributed by atoms with Gasteiger partial charge in [0.05, 0.1) is 6.26 Å². The zero-order chi connectivity index (χ0) is 10.4. The Kier molecular flexibility index (Phi) is 4.24. The third kappa shape index (κ3) is 2.91. The Morgan fingerprint density at radius 3 is 2.43 bits per heavy atom. The largest absolute Gasteiger partial charge is 0.465 e. The highest BCUT2D eigenvalue weighted by Gasteiger charge is 2.01. The molecule has 76 valence electrons. The van der Waals surface area contributed by atoms with Crippen molar-refractivity contribution in [2.45, 2.75) is 33.1 Å². The van der Waals surface area contributed by atoms with E-state index in [1.807, 2.05) is 25.1 Å². The lowest BCUT2D eigenvalue weighted by Crippen LogP contribution is -1.90. The van der Waals surface area contributed by atoms with Gasteiger partial charge in [0.15, 0.2) is 0 Å². The highest BCUT2D eigenvalue weighted by Crippen LogP contribution is 2.21. The Balaban J connectivity index is 2.68. The zero-order valence-corrected chi connectivity index (χ0v) is 9.16. The molecule has 0 heterocycles. The molecule has 1 unspecified atom stereocenters. The molecule has 0 N–H and O–H groups in total. The molecule has 0 amide bonds. The molecule has 0 aliphatic rings. The zero-order valence-electron chi connectivity index (χ0n) is 9.16. The van der Waals surface area contributed by atoms with Crippen LogP contribution in [0.5, 0.6) is 5.75 Å². The maximum atomic E-state index is 5.34. The van der Waals surface area contributed by atoms with Gasteiger partial charge in [0.1, 0.15) is 5.75 Å². The number of benzene rings is 1. The van der Waals surface area contributed by atoms with Gasteiger partial charge in [-0.2, -0.15) is 0 Å². The number of hydrogen-bond acceptors (Lipinski definition) is 1. The molecule has 0 saturated carbocycles. The van der Waals surface area contributed by atoms with Crippen molar-refractivity contribution >= 4 is 0 Å². The van der Waals surface area contributed by atoms with E-state index in [-0.39, 0.29) is 0 Å². The van der Waals surface area contributed by atoms with E-state index in [4.69, 9.17) is 4.74 Å². The van der Waals surface area contributed by atoms with Crippen LogP contribution in [0.15, 0.2) is 36.6 Å². The molecule has 1 nitrogen and oxygen atoms in total. The van der Waals surface area contributed by atoms with Crippen molar-refractivity contribution in [3.8, 4) is 5.75 Å². The molecule has 0 aliphatic heterocycles. The summed E-state index contributed by atoms with van der Waals surface area (Å²) < 4.78 is 5.34. The van der Waals surface area contributed by atoms with E-state index in [1.54, 1.807) is 6.26 Å². The van der Waals surface area contributed by atoms with Crippen LogP contribution in [0.4, 0.5) is 0 Å². The van der Waals surface area contributed by atoms with Gasteiger partial charge in [-0.25, -0.2) is 0 Å². The molecule has 1 heteroatoms. The van der Waals surface area contributed by atoms with Crippen molar-refractivity contribution in [2.24, 2.45) is 0 Å². The number of hydrogen-bond donors (Lipinski definition) is 0. The fourth-order valence-corrected chi connectivity index (χ4v) is 1.26. The van der Waals surface area contributed by atoms with Crippen LogP contribution < -0.4 is 4.74 Å². The molecule has 1 aromatic rings. The van der Waals surface area contributed by atoms with Crippen LogP contribution in [0.3, 0.4) is 0 Å². The third-order valence-corrected chi connectivity index (χ3v) is 2.40. The molecule has 14 heavy (non-hydrogen) atoms. The van der Waals surface area contributed by atoms with E-state index < -0.39 is 0 Å². The highest BCUT2D eigenvalue weighted by atomic mass is 16.5. The summed E-state index contributed by atoms with van der Waals surface area (Å²) in [7, 11) is 0. The van der Waals surface area contributed by atoms with Crippen LogP contribution in [0.2, 0.25) is 0 Å². The first kappa shape index (κ1) is 10.8. The van der Waals surface area contributed by atoms with Crippen molar-refractivity contribution in [3.05, 3.63) is 42.2 Å². The summed E-state index contributed by atoms with van der Waals surface area (Å²) in [5.74, 6) is 1.53. The van der Waals surface area contributed by atoms with E-state index in [1.165, 1.54) is 12.0 Å². The number of ether oxygens (including phenoxy) is 1. The first-order valence-electron chi connectivity index (χ1n) is 5.15. The van der Waals surface area contributed by atoms with Crippen LogP contribution in [-0.4, -0.2) is 0 Å². The summed E-state index contributed by atoms with van der Waals surface area (Å²) in [5, 5.41) is 0. The van der Waals surface area contributed by atoms with Crippen LogP contribution in [0.1, 0.15) is 38.7 Å². The van der Waals surface area contributed by atoms with Crippen molar-refractivity contribution in [3.63, 3.8) is 0 Å². The average Bonchev–Trinajstić information content (AvgIpc) is 2.26. The monoisotopic (exact) mass is 190 g/mol. The second-order valence-electron chi connectivity index (χ2n) is 3.47. The second kappa shape index (κ2) is 5.48. The van der Waals surface area contributed by atoms with E-state index in [0.717, 1.165) is 5.75 Å². The normalized spacial score (nSPS) is 13.1. The molecule has 1 aromatic carbocycles. The van der Waals surface area contributed by atoms with Crippen LogP contribution in [-0.2, 0) is 0 Å². The lowest BCUT2D eigenvalue weighted by Gasteiger charge is -2.09. The molecule has 0 fully saturated rings. The summed E-state index contributed by atoms with van der Waals surface area (Å²) >= 11 is 0. The average molecular weight is 190 g/mol. The van der Waals surface area contributed by atoms with E-state index in [9.17, 15) is 0 Å². The van der Waals surface area contributed by atoms with Gasteiger partial charge < -0.3 is 4.74 Å². The van der Waals surface area contributed by atoms with Crippen LogP contribution in [0.25, 0.3) is 0 Å². The first-order chi connectivity index (χ1) is 6.77. The molecule has 0 saturated heterocycles. The van der Waals surface area contributed by atoms with Gasteiger partial charge in [-0.15, -0.1) is 0 Å². The van der Waals surface area contributed by atoms with Crippen molar-refractivity contribution in [2.75, 3.05) is 0 Å². The highest BCUT2D eigenvalue weighted by molar-refractivity contribution is 5.29. The second-order valence-corrected chi connectivity index (χ2v) is 3.47. The maximum absolute atomic E-state index is 5.34.